The summed E-state index contributed by atoms with van der Waals surface area (Å²) in [5, 5.41) is 10.2. The van der Waals surface area contributed by atoms with Gasteiger partial charge in [-0.15, -0.1) is 0 Å². The SMILES string of the molecule is O=[N+]([O-])c1cc(Cl)nc(C(F)F)c1CBr. The number of hydrogen-bond donors (Lipinski definition) is 0. The number of nitrogens with zero attached hydrogens (tertiary/aromatic N) is 2. The topological polar surface area (TPSA) is 56.0 Å². The van der Waals surface area contributed by atoms with Crippen LogP contribution in [0, 0.1) is 10.1 Å². The molecule has 0 aliphatic heterocycles. The van der Waals surface area contributed by atoms with Gasteiger partial charge in [-0.1, -0.05) is 27.5 Å². The number of hydrogen-bond acceptors (Lipinski definition) is 3. The fourth-order valence-electron chi connectivity index (χ4n) is 1.03. The smallest absolute Gasteiger partial charge is 0.258 e. The summed E-state index contributed by atoms with van der Waals surface area (Å²) in [4.78, 5) is 13.2. The Morgan fingerprint density at radius 2 is 2.27 bits per heavy atom. The second-order valence-electron chi connectivity index (χ2n) is 2.52. The molecule has 1 heterocycles. The fraction of sp³-hybridized carbons (Fsp3) is 0.286. The lowest BCUT2D eigenvalue weighted by Crippen LogP contribution is -2.02. The molecule has 1 aromatic heterocycles. The molecule has 0 aromatic carbocycles. The standard InChI is InChI=1S/C7H4BrClF2N2O2/c8-2-3-4(13(14)15)1-5(9)12-6(3)7(10)11/h1,7H,2H2. The zero-order chi connectivity index (χ0) is 11.6. The van der Waals surface area contributed by atoms with Gasteiger partial charge in [0.15, 0.2) is 0 Å². The van der Waals surface area contributed by atoms with E-state index in [4.69, 9.17) is 11.6 Å². The molecule has 0 fully saturated rings. The van der Waals surface area contributed by atoms with Crippen LogP contribution in [0.2, 0.25) is 5.15 Å². The van der Waals surface area contributed by atoms with E-state index in [0.717, 1.165) is 6.07 Å². The predicted octanol–water partition coefficient (Wildman–Crippen LogP) is 3.48. The number of aromatic nitrogens is 1. The summed E-state index contributed by atoms with van der Waals surface area (Å²) < 4.78 is 24.9. The zero-order valence-corrected chi connectivity index (χ0v) is 9.43. The maximum atomic E-state index is 12.5. The number of nitro groups is 1. The molecule has 15 heavy (non-hydrogen) atoms. The van der Waals surface area contributed by atoms with Crippen molar-refractivity contribution in [1.82, 2.24) is 4.98 Å². The van der Waals surface area contributed by atoms with Crippen molar-refractivity contribution in [3.63, 3.8) is 0 Å². The molecule has 0 aliphatic rings. The summed E-state index contributed by atoms with van der Waals surface area (Å²) in [6.45, 7) is 0. The normalized spacial score (nSPS) is 10.7. The van der Waals surface area contributed by atoms with Crippen LogP contribution in [0.3, 0.4) is 0 Å². The maximum Gasteiger partial charge on any atom is 0.280 e. The van der Waals surface area contributed by atoms with Crippen LogP contribution >= 0.6 is 27.5 Å². The van der Waals surface area contributed by atoms with Crippen LogP contribution in [0.5, 0.6) is 0 Å². The first-order valence-electron chi connectivity index (χ1n) is 3.65. The van der Waals surface area contributed by atoms with Crippen molar-refractivity contribution in [2.24, 2.45) is 0 Å². The minimum absolute atomic E-state index is 0.0762. The average molecular weight is 301 g/mol. The van der Waals surface area contributed by atoms with Crippen LogP contribution in [0.15, 0.2) is 6.07 Å². The van der Waals surface area contributed by atoms with Gasteiger partial charge in [-0.3, -0.25) is 10.1 Å². The Kier molecular flexibility index (Phi) is 3.92. The zero-order valence-electron chi connectivity index (χ0n) is 7.08. The van der Waals surface area contributed by atoms with Gasteiger partial charge in [0.25, 0.3) is 12.1 Å². The summed E-state index contributed by atoms with van der Waals surface area (Å²) in [6.07, 6.45) is -2.89. The van der Waals surface area contributed by atoms with Crippen molar-refractivity contribution < 1.29 is 13.7 Å². The summed E-state index contributed by atoms with van der Waals surface area (Å²) in [5.74, 6) is 0. The molecule has 4 nitrogen and oxygen atoms in total. The highest BCUT2D eigenvalue weighted by Gasteiger charge is 2.24. The quantitative estimate of drug-likeness (QED) is 0.372. The molecule has 0 N–H and O–H groups in total. The molecule has 0 bridgehead atoms. The molecular weight excluding hydrogens is 297 g/mol. The third-order valence-electron chi connectivity index (χ3n) is 1.64. The van der Waals surface area contributed by atoms with Gasteiger partial charge in [0.2, 0.25) is 0 Å². The van der Waals surface area contributed by atoms with Crippen molar-refractivity contribution in [3.8, 4) is 0 Å². The highest BCUT2D eigenvalue weighted by molar-refractivity contribution is 9.08. The first-order valence-corrected chi connectivity index (χ1v) is 5.15. The van der Waals surface area contributed by atoms with Gasteiger partial charge in [-0.25, -0.2) is 13.8 Å². The second kappa shape index (κ2) is 4.80. The monoisotopic (exact) mass is 300 g/mol. The van der Waals surface area contributed by atoms with Crippen molar-refractivity contribution in [1.29, 1.82) is 0 Å². The van der Waals surface area contributed by atoms with E-state index in [1.807, 2.05) is 0 Å². The lowest BCUT2D eigenvalue weighted by atomic mass is 10.2. The molecule has 0 radical (unpaired) electrons. The average Bonchev–Trinajstić information content (AvgIpc) is 2.16. The number of pyridine rings is 1. The van der Waals surface area contributed by atoms with Crippen molar-refractivity contribution >= 4 is 33.2 Å². The Hall–Kier alpha value is -0.820. The Labute approximate surface area is 96.5 Å². The largest absolute Gasteiger partial charge is 0.280 e. The lowest BCUT2D eigenvalue weighted by molar-refractivity contribution is -0.385. The fourth-order valence-corrected chi connectivity index (χ4v) is 1.80. The van der Waals surface area contributed by atoms with Gasteiger partial charge in [-0.05, 0) is 0 Å². The van der Waals surface area contributed by atoms with Crippen LogP contribution in [0.25, 0.3) is 0 Å². The highest BCUT2D eigenvalue weighted by atomic mass is 79.9. The minimum atomic E-state index is -2.89. The van der Waals surface area contributed by atoms with E-state index < -0.39 is 22.7 Å². The third-order valence-corrected chi connectivity index (χ3v) is 2.39. The molecule has 0 unspecified atom stereocenters. The van der Waals surface area contributed by atoms with Crippen molar-refractivity contribution in [2.45, 2.75) is 11.8 Å². The lowest BCUT2D eigenvalue weighted by Gasteiger charge is -2.06. The number of halogens is 4. The van der Waals surface area contributed by atoms with Gasteiger partial charge in [0, 0.05) is 5.33 Å². The number of alkyl halides is 3. The van der Waals surface area contributed by atoms with Crippen LogP contribution in [-0.4, -0.2) is 9.91 Å². The van der Waals surface area contributed by atoms with Crippen LogP contribution in [0.1, 0.15) is 17.7 Å². The van der Waals surface area contributed by atoms with Crippen molar-refractivity contribution in [2.75, 3.05) is 0 Å². The molecule has 8 heteroatoms. The van der Waals surface area contributed by atoms with E-state index >= 15 is 0 Å². The van der Waals surface area contributed by atoms with E-state index in [1.165, 1.54) is 0 Å². The van der Waals surface area contributed by atoms with E-state index in [1.54, 1.807) is 0 Å². The maximum absolute atomic E-state index is 12.5. The summed E-state index contributed by atoms with van der Waals surface area (Å²) >= 11 is 8.30. The minimum Gasteiger partial charge on any atom is -0.258 e. The van der Waals surface area contributed by atoms with E-state index in [9.17, 15) is 18.9 Å². The molecule has 0 saturated carbocycles. The van der Waals surface area contributed by atoms with E-state index in [2.05, 4.69) is 20.9 Å². The molecule has 0 atom stereocenters. The Bertz CT molecular complexity index is 403. The van der Waals surface area contributed by atoms with Gasteiger partial charge in [0.1, 0.15) is 10.8 Å². The summed E-state index contributed by atoms with van der Waals surface area (Å²) in [7, 11) is 0. The highest BCUT2D eigenvalue weighted by Crippen LogP contribution is 2.32. The summed E-state index contributed by atoms with van der Waals surface area (Å²) in [5.41, 5.74) is -1.27. The molecule has 1 aromatic rings. The van der Waals surface area contributed by atoms with Crippen LogP contribution in [-0.2, 0) is 5.33 Å². The van der Waals surface area contributed by atoms with Crippen LogP contribution in [0.4, 0.5) is 14.5 Å². The van der Waals surface area contributed by atoms with Gasteiger partial charge in [0.05, 0.1) is 16.6 Å². The first kappa shape index (κ1) is 12.3. The molecule has 0 aliphatic carbocycles. The Balaban J connectivity index is 3.45. The number of rotatable bonds is 3. The summed E-state index contributed by atoms with van der Waals surface area (Å²) in [6, 6.07) is 0.948. The third kappa shape index (κ3) is 2.60. The molecule has 0 saturated heterocycles. The second-order valence-corrected chi connectivity index (χ2v) is 3.47. The van der Waals surface area contributed by atoms with Crippen LogP contribution < -0.4 is 0 Å². The molecule has 1 rings (SSSR count). The molecule has 0 amide bonds. The molecular formula is C7H4BrClF2N2O2. The van der Waals surface area contributed by atoms with Gasteiger partial charge in [-0.2, -0.15) is 0 Å². The Morgan fingerprint density at radius 1 is 1.67 bits per heavy atom. The molecule has 82 valence electrons. The van der Waals surface area contributed by atoms with Gasteiger partial charge >= 0.3 is 0 Å². The predicted molar refractivity (Wildman–Crippen MR) is 53.5 cm³/mol. The van der Waals surface area contributed by atoms with E-state index in [0.29, 0.717) is 0 Å². The van der Waals surface area contributed by atoms with E-state index in [-0.39, 0.29) is 16.0 Å². The van der Waals surface area contributed by atoms with Gasteiger partial charge < -0.3 is 0 Å². The first-order chi connectivity index (χ1) is 6.97. The van der Waals surface area contributed by atoms with Crippen molar-refractivity contribution in [3.05, 3.63) is 32.6 Å². The Morgan fingerprint density at radius 3 is 2.67 bits per heavy atom. The molecule has 0 spiro atoms.